The second kappa shape index (κ2) is 6.41. The number of hydrogen-bond acceptors (Lipinski definition) is 7. The minimum absolute atomic E-state index is 0.633. The van der Waals surface area contributed by atoms with Gasteiger partial charge in [-0.2, -0.15) is 16.3 Å². The molecule has 3 heterocycles. The SMILES string of the molecule is c1cc(N2CCSCC2)ccc1CNc1cncc2nnnn12. The van der Waals surface area contributed by atoms with Crippen LogP contribution >= 0.6 is 11.8 Å². The summed E-state index contributed by atoms with van der Waals surface area (Å²) in [5.74, 6) is 3.21. The summed E-state index contributed by atoms with van der Waals surface area (Å²) in [6.45, 7) is 2.97. The average Bonchev–Trinajstić information content (AvgIpc) is 3.10. The van der Waals surface area contributed by atoms with Crippen molar-refractivity contribution in [3.63, 3.8) is 0 Å². The van der Waals surface area contributed by atoms with Crippen LogP contribution in [0.1, 0.15) is 5.56 Å². The Labute approximate surface area is 138 Å². The Kier molecular flexibility index (Phi) is 3.97. The Morgan fingerprint density at radius 2 is 1.91 bits per heavy atom. The topological polar surface area (TPSA) is 71.2 Å². The fourth-order valence-corrected chi connectivity index (χ4v) is 3.54. The van der Waals surface area contributed by atoms with E-state index in [9.17, 15) is 0 Å². The van der Waals surface area contributed by atoms with Gasteiger partial charge in [0.05, 0.1) is 12.4 Å². The third-order valence-corrected chi connectivity index (χ3v) is 4.84. The largest absolute Gasteiger partial charge is 0.370 e. The Hall–Kier alpha value is -2.35. The summed E-state index contributed by atoms with van der Waals surface area (Å²) in [7, 11) is 0. The van der Waals surface area contributed by atoms with Crippen molar-refractivity contribution >= 4 is 28.9 Å². The number of anilines is 2. The maximum atomic E-state index is 4.14. The van der Waals surface area contributed by atoms with E-state index < -0.39 is 0 Å². The van der Waals surface area contributed by atoms with Gasteiger partial charge in [-0.1, -0.05) is 12.1 Å². The monoisotopic (exact) mass is 327 g/mol. The van der Waals surface area contributed by atoms with Crippen LogP contribution < -0.4 is 10.2 Å². The quantitative estimate of drug-likeness (QED) is 0.782. The first kappa shape index (κ1) is 14.3. The molecule has 1 aromatic carbocycles. The summed E-state index contributed by atoms with van der Waals surface area (Å²) >= 11 is 2.03. The van der Waals surface area contributed by atoms with E-state index in [2.05, 4.69) is 55.0 Å². The number of fused-ring (bicyclic) bond motifs is 1. The van der Waals surface area contributed by atoms with E-state index in [1.165, 1.54) is 22.8 Å². The lowest BCUT2D eigenvalue weighted by atomic mass is 10.2. The van der Waals surface area contributed by atoms with E-state index >= 15 is 0 Å². The lowest BCUT2D eigenvalue weighted by Crippen LogP contribution is -2.32. The average molecular weight is 327 g/mol. The first-order valence-electron chi connectivity index (χ1n) is 7.58. The highest BCUT2D eigenvalue weighted by atomic mass is 32.2. The van der Waals surface area contributed by atoms with Crippen molar-refractivity contribution in [2.24, 2.45) is 0 Å². The Bertz CT molecular complexity index is 780. The number of benzene rings is 1. The number of nitrogens with one attached hydrogen (secondary N) is 1. The molecule has 1 aliphatic rings. The smallest absolute Gasteiger partial charge is 0.199 e. The highest BCUT2D eigenvalue weighted by Crippen LogP contribution is 2.20. The zero-order chi connectivity index (χ0) is 15.5. The van der Waals surface area contributed by atoms with E-state index in [0.717, 1.165) is 18.9 Å². The number of rotatable bonds is 4. The van der Waals surface area contributed by atoms with Crippen LogP contribution in [-0.2, 0) is 6.54 Å². The van der Waals surface area contributed by atoms with Gasteiger partial charge in [-0.15, -0.1) is 5.10 Å². The third-order valence-electron chi connectivity index (χ3n) is 3.89. The van der Waals surface area contributed by atoms with Gasteiger partial charge in [0.2, 0.25) is 0 Å². The first-order chi connectivity index (χ1) is 11.4. The highest BCUT2D eigenvalue weighted by Gasteiger charge is 2.10. The van der Waals surface area contributed by atoms with E-state index in [-0.39, 0.29) is 0 Å². The van der Waals surface area contributed by atoms with Crippen LogP contribution in [0, 0.1) is 0 Å². The molecule has 1 fully saturated rings. The molecule has 0 bridgehead atoms. The molecule has 1 aliphatic heterocycles. The van der Waals surface area contributed by atoms with Gasteiger partial charge >= 0.3 is 0 Å². The van der Waals surface area contributed by atoms with Crippen LogP contribution in [-0.4, -0.2) is 49.6 Å². The van der Waals surface area contributed by atoms with Gasteiger partial charge in [-0.05, 0) is 28.1 Å². The molecular formula is C15H17N7S. The Balaban J connectivity index is 1.44. The lowest BCUT2D eigenvalue weighted by Gasteiger charge is -2.28. The molecule has 4 rings (SSSR count). The van der Waals surface area contributed by atoms with Crippen LogP contribution in [0.5, 0.6) is 0 Å². The normalized spacial score (nSPS) is 15.0. The molecule has 0 saturated carbocycles. The minimum atomic E-state index is 0.633. The van der Waals surface area contributed by atoms with Crippen molar-refractivity contribution in [3.05, 3.63) is 42.2 Å². The molecule has 2 aromatic heterocycles. The summed E-state index contributed by atoms with van der Waals surface area (Å²) in [6.07, 6.45) is 3.36. The molecule has 23 heavy (non-hydrogen) atoms. The van der Waals surface area contributed by atoms with Gasteiger partial charge in [0, 0.05) is 36.8 Å². The first-order valence-corrected chi connectivity index (χ1v) is 8.73. The zero-order valence-electron chi connectivity index (χ0n) is 12.6. The van der Waals surface area contributed by atoms with Crippen molar-refractivity contribution in [2.45, 2.75) is 6.54 Å². The molecule has 7 nitrogen and oxygen atoms in total. The number of nitrogens with zero attached hydrogens (tertiary/aromatic N) is 6. The van der Waals surface area contributed by atoms with E-state index in [1.54, 1.807) is 16.9 Å². The summed E-state index contributed by atoms with van der Waals surface area (Å²) in [5.41, 5.74) is 3.15. The van der Waals surface area contributed by atoms with Crippen LogP contribution in [0.2, 0.25) is 0 Å². The maximum absolute atomic E-state index is 4.14. The second-order valence-corrected chi connectivity index (χ2v) is 6.59. The predicted octanol–water partition coefficient (Wildman–Crippen LogP) is 1.68. The molecule has 0 unspecified atom stereocenters. The van der Waals surface area contributed by atoms with Gasteiger partial charge in [-0.25, -0.2) is 0 Å². The molecule has 0 aliphatic carbocycles. The van der Waals surface area contributed by atoms with E-state index in [1.807, 2.05) is 11.8 Å². The molecule has 0 amide bonds. The summed E-state index contributed by atoms with van der Waals surface area (Å²) in [4.78, 5) is 6.58. The van der Waals surface area contributed by atoms with Gasteiger partial charge in [-0.3, -0.25) is 4.98 Å². The highest BCUT2D eigenvalue weighted by molar-refractivity contribution is 7.99. The summed E-state index contributed by atoms with van der Waals surface area (Å²) < 4.78 is 1.65. The molecule has 0 spiro atoms. The second-order valence-electron chi connectivity index (χ2n) is 5.36. The van der Waals surface area contributed by atoms with Gasteiger partial charge in [0.15, 0.2) is 11.5 Å². The molecule has 0 atom stereocenters. The van der Waals surface area contributed by atoms with Crippen LogP contribution in [0.25, 0.3) is 5.65 Å². The molecular weight excluding hydrogens is 310 g/mol. The maximum Gasteiger partial charge on any atom is 0.199 e. The molecule has 118 valence electrons. The van der Waals surface area contributed by atoms with Crippen molar-refractivity contribution in [1.82, 2.24) is 25.0 Å². The molecule has 1 N–H and O–H groups in total. The van der Waals surface area contributed by atoms with E-state index in [0.29, 0.717) is 12.2 Å². The van der Waals surface area contributed by atoms with Crippen molar-refractivity contribution in [2.75, 3.05) is 34.8 Å². The fraction of sp³-hybridized carbons (Fsp3) is 0.333. The Morgan fingerprint density at radius 1 is 1.09 bits per heavy atom. The summed E-state index contributed by atoms with van der Waals surface area (Å²) in [6, 6.07) is 8.72. The number of thioether (sulfide) groups is 1. The van der Waals surface area contributed by atoms with Crippen LogP contribution in [0.3, 0.4) is 0 Å². The standard InChI is InChI=1S/C15H17N7S/c1-3-13(21-5-7-23-8-6-21)4-2-12(1)9-17-14-10-16-11-15-18-19-20-22(14)15/h1-4,10-11,17H,5-9H2. The van der Waals surface area contributed by atoms with Crippen LogP contribution in [0.4, 0.5) is 11.5 Å². The van der Waals surface area contributed by atoms with Crippen molar-refractivity contribution in [1.29, 1.82) is 0 Å². The lowest BCUT2D eigenvalue weighted by molar-refractivity contribution is 0.819. The summed E-state index contributed by atoms with van der Waals surface area (Å²) in [5, 5.41) is 14.8. The van der Waals surface area contributed by atoms with Gasteiger partial charge in [0.25, 0.3) is 0 Å². The molecule has 3 aromatic rings. The Morgan fingerprint density at radius 3 is 2.74 bits per heavy atom. The predicted molar refractivity (Wildman–Crippen MR) is 91.9 cm³/mol. The molecule has 0 radical (unpaired) electrons. The van der Waals surface area contributed by atoms with Gasteiger partial charge in [0.1, 0.15) is 0 Å². The number of tetrazole rings is 1. The number of hydrogen-bond donors (Lipinski definition) is 1. The molecule has 1 saturated heterocycles. The van der Waals surface area contributed by atoms with E-state index in [4.69, 9.17) is 0 Å². The van der Waals surface area contributed by atoms with Gasteiger partial charge < -0.3 is 10.2 Å². The van der Waals surface area contributed by atoms with Crippen molar-refractivity contribution in [3.8, 4) is 0 Å². The molecule has 8 heteroatoms. The zero-order valence-corrected chi connectivity index (χ0v) is 13.4. The van der Waals surface area contributed by atoms with Crippen molar-refractivity contribution < 1.29 is 0 Å². The fourth-order valence-electron chi connectivity index (χ4n) is 2.63. The minimum Gasteiger partial charge on any atom is -0.370 e. The number of aromatic nitrogens is 5. The van der Waals surface area contributed by atoms with Crippen LogP contribution in [0.15, 0.2) is 36.7 Å². The third kappa shape index (κ3) is 3.07.